The standard InChI is InChI=1S/C38H34Cl2FN7O2/c1-19-26-13-31(30-12-23(50-24-15-43-18-44-16-24)17-47(30)38(49)20-7-8-20)48(36-22-11-29(36)45-14-22)37(26)27-10-21(4-3-9-42)32(34(41)35(27)46-19)25-5-2-6-28(39)33(25)40/h2,5-6,10,13,15-16,18,20,22-23,29-30,36,45H,3-4,7-8,11-12,14,17H2,1H3/t22-,23+,29-,30-,36+/m1/s1. The van der Waals surface area contributed by atoms with Crippen molar-refractivity contribution in [3.63, 3.8) is 0 Å². The first kappa shape index (κ1) is 31.7. The zero-order valence-corrected chi connectivity index (χ0v) is 28.9. The number of halogens is 3. The van der Waals surface area contributed by atoms with Gasteiger partial charge in [0, 0.05) is 64.6 Å². The number of aryl methyl sites for hydroxylation is 2. The number of aromatic nitrogens is 4. The molecule has 3 aromatic heterocycles. The number of nitriles is 1. The highest BCUT2D eigenvalue weighted by Gasteiger charge is 2.51. The Hall–Kier alpha value is -4.30. The van der Waals surface area contributed by atoms with E-state index in [-0.39, 0.29) is 53.0 Å². The fourth-order valence-corrected chi connectivity index (χ4v) is 9.00. The van der Waals surface area contributed by atoms with Gasteiger partial charge in [0.2, 0.25) is 5.91 Å². The molecule has 6 heterocycles. The first-order valence-electron chi connectivity index (χ1n) is 17.3. The number of ether oxygens (including phenoxy) is 1. The van der Waals surface area contributed by atoms with Crippen LogP contribution in [-0.2, 0) is 11.2 Å². The van der Waals surface area contributed by atoms with Crippen LogP contribution in [0.2, 0.25) is 10.0 Å². The topological polar surface area (TPSA) is 109 Å². The average molecular weight is 711 g/mol. The second-order valence-electron chi connectivity index (χ2n) is 14.1. The van der Waals surface area contributed by atoms with Crippen LogP contribution >= 0.6 is 23.2 Å². The summed E-state index contributed by atoms with van der Waals surface area (Å²) in [5.74, 6) is 0.685. The molecule has 0 spiro atoms. The molecule has 254 valence electrons. The van der Waals surface area contributed by atoms with Gasteiger partial charge in [-0.1, -0.05) is 35.3 Å². The maximum Gasteiger partial charge on any atom is 0.226 e. The van der Waals surface area contributed by atoms with E-state index in [2.05, 4.69) is 32.0 Å². The van der Waals surface area contributed by atoms with E-state index < -0.39 is 5.82 Å². The highest BCUT2D eigenvalue weighted by molar-refractivity contribution is 6.43. The average Bonchev–Trinajstić information content (AvgIpc) is 3.40. The number of likely N-dealkylation sites (tertiary alicyclic amines) is 1. The molecule has 5 atom stereocenters. The minimum Gasteiger partial charge on any atom is -0.485 e. The predicted octanol–water partition coefficient (Wildman–Crippen LogP) is 7.52. The van der Waals surface area contributed by atoms with Crippen LogP contribution in [0, 0.1) is 35.9 Å². The number of pyridine rings is 1. The lowest BCUT2D eigenvalue weighted by Gasteiger charge is -2.39. The highest BCUT2D eigenvalue weighted by atomic mass is 35.5. The lowest BCUT2D eigenvalue weighted by molar-refractivity contribution is -0.133. The Bertz CT molecular complexity index is 2220. The molecule has 1 N–H and O–H groups in total. The number of amides is 1. The van der Waals surface area contributed by atoms with Gasteiger partial charge in [0.05, 0.1) is 52.7 Å². The van der Waals surface area contributed by atoms with Crippen LogP contribution in [0.1, 0.15) is 61.1 Å². The summed E-state index contributed by atoms with van der Waals surface area (Å²) >= 11 is 13.1. The monoisotopic (exact) mass is 709 g/mol. The maximum atomic E-state index is 17.1. The van der Waals surface area contributed by atoms with Crippen LogP contribution in [0.5, 0.6) is 5.75 Å². The minimum atomic E-state index is -0.487. The number of hydrogen-bond donors (Lipinski definition) is 1. The second-order valence-corrected chi connectivity index (χ2v) is 14.9. The largest absolute Gasteiger partial charge is 0.485 e. The number of benzene rings is 2. The summed E-state index contributed by atoms with van der Waals surface area (Å²) in [6.07, 6.45) is 8.52. The molecule has 12 heteroatoms. The van der Waals surface area contributed by atoms with Crippen LogP contribution < -0.4 is 10.1 Å². The number of rotatable bonds is 8. The highest BCUT2D eigenvalue weighted by Crippen LogP contribution is 2.51. The van der Waals surface area contributed by atoms with E-state index in [0.29, 0.717) is 63.8 Å². The number of carbonyl (C=O) groups excluding carboxylic acids is 1. The van der Waals surface area contributed by atoms with E-state index in [1.165, 1.54) is 6.33 Å². The normalized spacial score (nSPS) is 24.1. The van der Waals surface area contributed by atoms with Gasteiger partial charge in [0.1, 0.15) is 17.9 Å². The predicted molar refractivity (Wildman–Crippen MR) is 189 cm³/mol. The Kier molecular flexibility index (Phi) is 7.72. The zero-order chi connectivity index (χ0) is 34.3. The molecule has 5 aliphatic rings. The van der Waals surface area contributed by atoms with Gasteiger partial charge in [-0.3, -0.25) is 4.79 Å². The maximum absolute atomic E-state index is 17.1. The molecule has 2 aliphatic carbocycles. The van der Waals surface area contributed by atoms with Gasteiger partial charge in [-0.2, -0.15) is 5.26 Å². The summed E-state index contributed by atoms with van der Waals surface area (Å²) in [7, 11) is 0. The first-order valence-corrected chi connectivity index (χ1v) is 18.0. The number of nitrogens with zero attached hydrogens (tertiary/aromatic N) is 6. The van der Waals surface area contributed by atoms with E-state index in [1.54, 1.807) is 30.6 Å². The van der Waals surface area contributed by atoms with Crippen LogP contribution in [0.25, 0.3) is 32.9 Å². The van der Waals surface area contributed by atoms with Gasteiger partial charge in [-0.05, 0) is 62.3 Å². The summed E-state index contributed by atoms with van der Waals surface area (Å²) in [4.78, 5) is 29.1. The molecule has 3 aliphatic heterocycles. The molecule has 1 amide bonds. The quantitative estimate of drug-likeness (QED) is 0.178. The van der Waals surface area contributed by atoms with Gasteiger partial charge in [-0.25, -0.2) is 19.3 Å². The van der Waals surface area contributed by atoms with E-state index in [1.807, 2.05) is 17.9 Å². The fourth-order valence-electron chi connectivity index (χ4n) is 8.61. The lowest BCUT2D eigenvalue weighted by atomic mass is 9.79. The van der Waals surface area contributed by atoms with E-state index in [0.717, 1.165) is 42.4 Å². The molecular weight excluding hydrogens is 676 g/mol. The van der Waals surface area contributed by atoms with Gasteiger partial charge in [-0.15, -0.1) is 0 Å². The van der Waals surface area contributed by atoms with Crippen molar-refractivity contribution >= 4 is 50.9 Å². The third kappa shape index (κ3) is 5.04. The third-order valence-electron chi connectivity index (χ3n) is 11.1. The zero-order valence-electron chi connectivity index (χ0n) is 27.4. The van der Waals surface area contributed by atoms with Crippen molar-refractivity contribution in [1.82, 2.24) is 29.7 Å². The van der Waals surface area contributed by atoms with Crippen molar-refractivity contribution in [2.45, 2.75) is 69.7 Å². The van der Waals surface area contributed by atoms with Crippen molar-refractivity contribution < 1.29 is 13.9 Å². The number of hydrogen-bond acceptors (Lipinski definition) is 7. The molecular formula is C38H34Cl2FN7O2. The van der Waals surface area contributed by atoms with Gasteiger partial charge >= 0.3 is 0 Å². The van der Waals surface area contributed by atoms with Crippen LogP contribution in [0.4, 0.5) is 4.39 Å². The van der Waals surface area contributed by atoms with Crippen molar-refractivity contribution in [2.75, 3.05) is 13.1 Å². The summed E-state index contributed by atoms with van der Waals surface area (Å²) < 4.78 is 25.9. The molecule has 3 saturated heterocycles. The van der Waals surface area contributed by atoms with E-state index in [9.17, 15) is 10.1 Å². The molecule has 2 aromatic carbocycles. The van der Waals surface area contributed by atoms with Crippen LogP contribution in [0.3, 0.4) is 0 Å². The van der Waals surface area contributed by atoms with Crippen molar-refractivity contribution in [3.8, 4) is 22.9 Å². The molecule has 5 fully saturated rings. The summed E-state index contributed by atoms with van der Waals surface area (Å²) in [5.41, 5.74) is 4.33. The molecule has 0 unspecified atom stereocenters. The van der Waals surface area contributed by atoms with Crippen molar-refractivity contribution in [1.29, 1.82) is 5.26 Å². The Labute approximate surface area is 298 Å². The third-order valence-corrected chi connectivity index (χ3v) is 11.9. The van der Waals surface area contributed by atoms with Crippen molar-refractivity contribution in [2.24, 2.45) is 11.8 Å². The Morgan fingerprint density at radius 2 is 1.98 bits per heavy atom. The SMILES string of the molecule is Cc1nc2c(F)c(-c3cccc(Cl)c3Cl)c(CCC#N)cc2c2c1cc([C@H]1C[C@H](Oc3cncnc3)CN1C(=O)C1CC1)n2[C@H]1[C@H]2CN[C@@H]1C2. The molecule has 0 radical (unpaired) electrons. The van der Waals surface area contributed by atoms with Crippen LogP contribution in [0.15, 0.2) is 49.1 Å². The van der Waals surface area contributed by atoms with Gasteiger partial charge in [0.25, 0.3) is 0 Å². The Morgan fingerprint density at radius 3 is 2.70 bits per heavy atom. The summed E-state index contributed by atoms with van der Waals surface area (Å²) in [6.45, 7) is 3.29. The molecule has 10 rings (SSSR count). The van der Waals surface area contributed by atoms with Crippen molar-refractivity contribution in [3.05, 3.63) is 81.9 Å². The van der Waals surface area contributed by atoms with Gasteiger partial charge in [0.15, 0.2) is 11.6 Å². The molecule has 5 aromatic rings. The Balaban J connectivity index is 1.27. The lowest BCUT2D eigenvalue weighted by Crippen LogP contribution is -2.41. The van der Waals surface area contributed by atoms with E-state index in [4.69, 9.17) is 32.9 Å². The molecule has 9 nitrogen and oxygen atoms in total. The van der Waals surface area contributed by atoms with E-state index >= 15 is 4.39 Å². The summed E-state index contributed by atoms with van der Waals surface area (Å²) in [6, 6.07) is 11.7. The van der Waals surface area contributed by atoms with Crippen LogP contribution in [-0.4, -0.2) is 55.6 Å². The Morgan fingerprint density at radius 1 is 1.16 bits per heavy atom. The number of nitrogens with one attached hydrogen (secondary N) is 1. The number of fused-ring (bicyclic) bond motifs is 4. The number of carbonyl (C=O) groups is 1. The second kappa shape index (κ2) is 12.2. The van der Waals surface area contributed by atoms with Gasteiger partial charge < -0.3 is 19.5 Å². The summed E-state index contributed by atoms with van der Waals surface area (Å²) in [5, 5.41) is 15.5. The molecule has 2 bridgehead atoms. The fraction of sp³-hybridized carbons (Fsp3) is 0.395. The minimum absolute atomic E-state index is 0.0356. The first-order chi connectivity index (χ1) is 24.3. The molecule has 50 heavy (non-hydrogen) atoms. The smallest absolute Gasteiger partial charge is 0.226 e. The molecule has 2 saturated carbocycles.